The Hall–Kier alpha value is -4.47. The number of imide groups is 2. The van der Waals surface area contributed by atoms with Gasteiger partial charge in [0.25, 0.3) is 11.8 Å². The highest BCUT2D eigenvalue weighted by Crippen LogP contribution is 2.54. The lowest BCUT2D eigenvalue weighted by atomic mass is 9.60. The summed E-state index contributed by atoms with van der Waals surface area (Å²) in [6, 6.07) is 5.37. The lowest BCUT2D eigenvalue weighted by Crippen LogP contribution is -2.71. The fourth-order valence-electron chi connectivity index (χ4n) is 6.33. The summed E-state index contributed by atoms with van der Waals surface area (Å²) in [6.07, 6.45) is 18.0. The van der Waals surface area contributed by atoms with Crippen molar-refractivity contribution in [1.82, 2.24) is 19.6 Å². The van der Waals surface area contributed by atoms with Gasteiger partial charge in [-0.3, -0.25) is 9.59 Å². The van der Waals surface area contributed by atoms with Gasteiger partial charge in [0.2, 0.25) is 5.60 Å². The Kier molecular flexibility index (Phi) is 5.60. The number of hydrogen-bond acceptors (Lipinski definition) is 5. The van der Waals surface area contributed by atoms with Crippen LogP contribution in [0.4, 0.5) is 9.18 Å². The van der Waals surface area contributed by atoms with Crippen molar-refractivity contribution in [1.29, 1.82) is 0 Å². The molecule has 39 heavy (non-hydrogen) atoms. The standard InChI is InChI=1S/C30H25FN4O4/c1-4-14-33-26(36)30(27(37)34(15-5-2)28(33)38)13-12-23-25(39-30)11-6-20-16-24-19(17-29(20,23)3)18-32-35(24)22-9-7-21(31)8-10-22/h1-2,7-10,12,16,18,25H,6,11,13-15,17H2,3H3/t25-,29-/m0/s1. The molecule has 2 aliphatic carbocycles. The van der Waals surface area contributed by atoms with Gasteiger partial charge >= 0.3 is 6.03 Å². The summed E-state index contributed by atoms with van der Waals surface area (Å²) in [5.74, 6) is 2.81. The second-order valence-electron chi connectivity index (χ2n) is 10.4. The maximum absolute atomic E-state index is 13.5. The zero-order chi connectivity index (χ0) is 27.5. The van der Waals surface area contributed by atoms with Crippen molar-refractivity contribution >= 4 is 23.9 Å². The monoisotopic (exact) mass is 524 g/mol. The molecular formula is C30H25FN4O4. The summed E-state index contributed by atoms with van der Waals surface area (Å²) in [5, 5.41) is 4.57. The van der Waals surface area contributed by atoms with Crippen LogP contribution in [0.1, 0.15) is 37.4 Å². The molecule has 2 atom stereocenters. The first-order chi connectivity index (χ1) is 18.7. The van der Waals surface area contributed by atoms with Crippen LogP contribution in [0, 0.1) is 35.9 Å². The zero-order valence-electron chi connectivity index (χ0n) is 21.3. The van der Waals surface area contributed by atoms with Crippen LogP contribution in [0.2, 0.25) is 0 Å². The maximum atomic E-state index is 13.5. The molecule has 1 saturated carbocycles. The number of carbonyl (C=O) groups is 3. The lowest BCUT2D eigenvalue weighted by Gasteiger charge is -2.51. The van der Waals surface area contributed by atoms with E-state index in [1.54, 1.807) is 12.1 Å². The van der Waals surface area contributed by atoms with Gasteiger partial charge in [-0.15, -0.1) is 12.8 Å². The molecule has 0 bridgehead atoms. The highest BCUT2D eigenvalue weighted by molar-refractivity contribution is 6.22. The molecule has 2 fully saturated rings. The maximum Gasteiger partial charge on any atom is 0.335 e. The number of amides is 4. The van der Waals surface area contributed by atoms with E-state index in [1.165, 1.54) is 17.7 Å². The average molecular weight is 525 g/mol. The highest BCUT2D eigenvalue weighted by Gasteiger charge is 2.61. The first-order valence-corrected chi connectivity index (χ1v) is 12.7. The van der Waals surface area contributed by atoms with Crippen LogP contribution in [-0.4, -0.2) is 62.2 Å². The molecule has 9 heteroatoms. The minimum atomic E-state index is -1.89. The molecule has 4 amide bonds. The molecule has 196 valence electrons. The molecule has 2 aliphatic heterocycles. The Morgan fingerprint density at radius 2 is 1.77 bits per heavy atom. The number of terminal acetylenes is 2. The van der Waals surface area contributed by atoms with Crippen molar-refractivity contribution in [3.63, 3.8) is 0 Å². The zero-order valence-corrected chi connectivity index (χ0v) is 21.3. The number of carbonyl (C=O) groups excluding carboxylic acids is 3. The van der Waals surface area contributed by atoms with Crippen LogP contribution in [0.5, 0.6) is 0 Å². The van der Waals surface area contributed by atoms with Crippen molar-refractivity contribution in [2.24, 2.45) is 5.41 Å². The summed E-state index contributed by atoms with van der Waals surface area (Å²) in [5.41, 5.74) is 2.65. The molecule has 0 unspecified atom stereocenters. The average Bonchev–Trinajstić information content (AvgIpc) is 3.33. The highest BCUT2D eigenvalue weighted by atomic mass is 19.1. The second kappa shape index (κ2) is 8.79. The fourth-order valence-corrected chi connectivity index (χ4v) is 6.33. The lowest BCUT2D eigenvalue weighted by molar-refractivity contribution is -0.184. The first-order valence-electron chi connectivity index (χ1n) is 12.7. The van der Waals surface area contributed by atoms with Gasteiger partial charge in [-0.2, -0.15) is 5.10 Å². The fraction of sp³-hybridized carbons (Fsp3) is 0.333. The van der Waals surface area contributed by atoms with E-state index in [4.69, 9.17) is 17.6 Å². The van der Waals surface area contributed by atoms with E-state index in [2.05, 4.69) is 29.9 Å². The quantitative estimate of drug-likeness (QED) is 0.350. The molecule has 1 aromatic carbocycles. The summed E-state index contributed by atoms with van der Waals surface area (Å²) >= 11 is 0. The first kappa shape index (κ1) is 24.8. The summed E-state index contributed by atoms with van der Waals surface area (Å²) in [7, 11) is 0. The summed E-state index contributed by atoms with van der Waals surface area (Å²) < 4.78 is 21.7. The Balaban J connectivity index is 1.36. The predicted octanol–water partition coefficient (Wildman–Crippen LogP) is 3.26. The Morgan fingerprint density at radius 3 is 2.41 bits per heavy atom. The molecule has 1 aromatic heterocycles. The molecule has 1 spiro atoms. The number of hydrogen-bond donors (Lipinski definition) is 0. The van der Waals surface area contributed by atoms with Gasteiger partial charge in [-0.05, 0) is 60.7 Å². The number of nitrogens with zero attached hydrogens (tertiary/aromatic N) is 4. The number of benzene rings is 1. The van der Waals surface area contributed by atoms with Crippen molar-refractivity contribution < 1.29 is 23.5 Å². The van der Waals surface area contributed by atoms with Crippen LogP contribution >= 0.6 is 0 Å². The number of rotatable bonds is 3. The van der Waals surface area contributed by atoms with Gasteiger partial charge in [0, 0.05) is 11.8 Å². The van der Waals surface area contributed by atoms with E-state index in [0.717, 1.165) is 32.3 Å². The third-order valence-corrected chi connectivity index (χ3v) is 8.28. The van der Waals surface area contributed by atoms with Crippen LogP contribution in [0.15, 0.2) is 47.7 Å². The van der Waals surface area contributed by atoms with E-state index in [-0.39, 0.29) is 25.3 Å². The van der Waals surface area contributed by atoms with Gasteiger partial charge in [0.15, 0.2) is 0 Å². The molecule has 8 nitrogen and oxygen atoms in total. The topological polar surface area (TPSA) is 84.7 Å². The van der Waals surface area contributed by atoms with Crippen molar-refractivity contribution in [3.05, 3.63) is 64.8 Å². The van der Waals surface area contributed by atoms with Crippen molar-refractivity contribution in [2.75, 3.05) is 13.1 Å². The smallest absolute Gasteiger partial charge is 0.335 e. The molecule has 4 aliphatic rings. The largest absolute Gasteiger partial charge is 0.348 e. The third kappa shape index (κ3) is 3.50. The molecule has 1 saturated heterocycles. The summed E-state index contributed by atoms with van der Waals surface area (Å²) in [6.45, 7) is 1.56. The van der Waals surface area contributed by atoms with Crippen molar-refractivity contribution in [2.45, 2.75) is 44.3 Å². The van der Waals surface area contributed by atoms with Crippen LogP contribution in [-0.2, 0) is 20.7 Å². The SMILES string of the molecule is C#CCN1C(=O)N(CC#C)C(=O)C2(CC=C3[C@H](CCC4=Cc5c(cnn5-c5ccc(F)cc5)C[C@@]43C)O2)C1=O. The minimum absolute atomic E-state index is 0.0313. The number of fused-ring (bicyclic) bond motifs is 4. The van der Waals surface area contributed by atoms with Gasteiger partial charge in [0.05, 0.1) is 36.8 Å². The number of barbiturate groups is 1. The Morgan fingerprint density at radius 1 is 1.10 bits per heavy atom. The Labute approximate surface area is 225 Å². The number of urea groups is 1. The van der Waals surface area contributed by atoms with E-state index in [0.29, 0.717) is 19.3 Å². The van der Waals surface area contributed by atoms with E-state index in [1.807, 2.05) is 17.0 Å². The number of aromatic nitrogens is 2. The van der Waals surface area contributed by atoms with Gasteiger partial charge in [-0.1, -0.05) is 30.4 Å². The number of ether oxygens (including phenoxy) is 1. The van der Waals surface area contributed by atoms with Crippen LogP contribution < -0.4 is 0 Å². The van der Waals surface area contributed by atoms with Gasteiger partial charge in [0.1, 0.15) is 5.82 Å². The van der Waals surface area contributed by atoms with Crippen molar-refractivity contribution in [3.8, 4) is 30.4 Å². The summed E-state index contributed by atoms with van der Waals surface area (Å²) in [4.78, 5) is 41.6. The number of allylic oxidation sites excluding steroid dienone is 1. The van der Waals surface area contributed by atoms with Gasteiger partial charge < -0.3 is 4.74 Å². The van der Waals surface area contributed by atoms with Gasteiger partial charge in [-0.25, -0.2) is 23.7 Å². The molecule has 0 radical (unpaired) electrons. The molecule has 2 aromatic rings. The minimum Gasteiger partial charge on any atom is -0.348 e. The van der Waals surface area contributed by atoms with Crippen LogP contribution in [0.3, 0.4) is 0 Å². The second-order valence-corrected chi connectivity index (χ2v) is 10.4. The molecular weight excluding hydrogens is 499 g/mol. The van der Waals surface area contributed by atoms with E-state index >= 15 is 0 Å². The number of halogens is 1. The Bertz CT molecular complexity index is 1530. The van der Waals surface area contributed by atoms with E-state index < -0.39 is 35.0 Å². The molecule has 6 rings (SSSR count). The predicted molar refractivity (Wildman–Crippen MR) is 139 cm³/mol. The third-order valence-electron chi connectivity index (χ3n) is 8.28. The normalized spacial score (nSPS) is 25.2. The van der Waals surface area contributed by atoms with Crippen LogP contribution in [0.25, 0.3) is 11.8 Å². The molecule has 3 heterocycles. The van der Waals surface area contributed by atoms with E-state index in [9.17, 15) is 18.8 Å². The molecule has 0 N–H and O–H groups in total.